The van der Waals surface area contributed by atoms with Gasteiger partial charge in [0.05, 0.1) is 4.99 Å². The Labute approximate surface area is 194 Å². The zero-order chi connectivity index (χ0) is 22.4. The molecule has 1 aromatic carbocycles. The molecule has 31 heavy (non-hydrogen) atoms. The SMILES string of the molecule is CNN(CC(=O)N(c1ccccc1)C1CCCCC1)C(=S)C1C[C@@H](C)CC[C@@H]1C(C)C. The second-order valence-corrected chi connectivity index (χ2v) is 10.4. The van der Waals surface area contributed by atoms with Crippen LogP contribution in [-0.2, 0) is 4.79 Å². The number of carbonyl (C=O) groups excluding carboxylic acids is 1. The Kier molecular flexibility index (Phi) is 8.91. The molecule has 0 heterocycles. The highest BCUT2D eigenvalue weighted by atomic mass is 32.1. The zero-order valence-corrected chi connectivity index (χ0v) is 20.7. The van der Waals surface area contributed by atoms with Gasteiger partial charge in [-0.3, -0.25) is 9.80 Å². The van der Waals surface area contributed by atoms with Gasteiger partial charge in [-0.15, -0.1) is 0 Å². The zero-order valence-electron chi connectivity index (χ0n) is 19.8. The normalized spacial score (nSPS) is 24.7. The standard InChI is InChI=1S/C26H41N3OS/c1-19(2)23-16-15-20(3)17-24(23)26(31)28(27-4)18-25(30)29(21-11-7-5-8-12-21)22-13-9-6-10-14-22/h5,7-8,11-12,19-20,22-24,27H,6,9-10,13-18H2,1-4H3/t20-,23+,24?/m0/s1. The molecule has 1 amide bonds. The van der Waals surface area contributed by atoms with Crippen molar-refractivity contribution in [3.8, 4) is 0 Å². The number of rotatable bonds is 7. The Hall–Kier alpha value is -1.46. The van der Waals surface area contributed by atoms with Crippen LogP contribution in [0.15, 0.2) is 30.3 Å². The number of thiocarbonyl (C=S) groups is 1. The van der Waals surface area contributed by atoms with Crippen LogP contribution in [0.2, 0.25) is 0 Å². The summed E-state index contributed by atoms with van der Waals surface area (Å²) in [5.41, 5.74) is 4.27. The van der Waals surface area contributed by atoms with Gasteiger partial charge in [-0.2, -0.15) is 0 Å². The van der Waals surface area contributed by atoms with E-state index in [0.717, 1.165) is 29.9 Å². The van der Waals surface area contributed by atoms with Gasteiger partial charge in [0.15, 0.2) is 0 Å². The predicted octanol–water partition coefficient (Wildman–Crippen LogP) is 5.82. The van der Waals surface area contributed by atoms with Crippen molar-refractivity contribution in [1.29, 1.82) is 0 Å². The van der Waals surface area contributed by atoms with Crippen LogP contribution in [0, 0.1) is 23.7 Å². The summed E-state index contributed by atoms with van der Waals surface area (Å²) in [5.74, 6) is 2.39. The number of amides is 1. The quantitative estimate of drug-likeness (QED) is 0.425. The predicted molar refractivity (Wildman–Crippen MR) is 134 cm³/mol. The maximum absolute atomic E-state index is 13.7. The van der Waals surface area contributed by atoms with Gasteiger partial charge in [0, 0.05) is 24.7 Å². The summed E-state index contributed by atoms with van der Waals surface area (Å²) in [6, 6.07) is 10.5. The Morgan fingerprint density at radius 1 is 1.10 bits per heavy atom. The molecular weight excluding hydrogens is 402 g/mol. The molecule has 1 N–H and O–H groups in total. The molecule has 4 nitrogen and oxygen atoms in total. The summed E-state index contributed by atoms with van der Waals surface area (Å²) in [4.78, 5) is 16.6. The topological polar surface area (TPSA) is 35.6 Å². The molecule has 2 aliphatic rings. The molecule has 3 atom stereocenters. The number of nitrogens with zero attached hydrogens (tertiary/aromatic N) is 2. The van der Waals surface area contributed by atoms with E-state index in [1.807, 2.05) is 30.3 Å². The lowest BCUT2D eigenvalue weighted by molar-refractivity contribution is -0.120. The monoisotopic (exact) mass is 443 g/mol. The second-order valence-electron chi connectivity index (χ2n) is 9.97. The van der Waals surface area contributed by atoms with Gasteiger partial charge in [-0.1, -0.05) is 76.9 Å². The van der Waals surface area contributed by atoms with E-state index in [0.29, 0.717) is 23.7 Å². The van der Waals surface area contributed by atoms with Gasteiger partial charge in [0.25, 0.3) is 0 Å². The maximum Gasteiger partial charge on any atom is 0.248 e. The molecule has 2 fully saturated rings. The Bertz CT molecular complexity index is 717. The molecule has 3 rings (SSSR count). The van der Waals surface area contributed by atoms with E-state index in [2.05, 4.69) is 43.2 Å². The van der Waals surface area contributed by atoms with E-state index in [1.165, 1.54) is 32.1 Å². The van der Waals surface area contributed by atoms with E-state index in [-0.39, 0.29) is 18.5 Å². The van der Waals surface area contributed by atoms with Crippen molar-refractivity contribution in [3.63, 3.8) is 0 Å². The van der Waals surface area contributed by atoms with Crippen molar-refractivity contribution in [3.05, 3.63) is 30.3 Å². The van der Waals surface area contributed by atoms with E-state index in [4.69, 9.17) is 12.2 Å². The third-order valence-electron chi connectivity index (χ3n) is 7.41. The molecule has 172 valence electrons. The number of hydrogen-bond acceptors (Lipinski definition) is 3. The molecule has 0 saturated heterocycles. The van der Waals surface area contributed by atoms with Crippen LogP contribution < -0.4 is 10.3 Å². The van der Waals surface area contributed by atoms with E-state index in [1.54, 1.807) is 0 Å². The number of anilines is 1. The highest BCUT2D eigenvalue weighted by molar-refractivity contribution is 7.80. The Morgan fingerprint density at radius 2 is 1.77 bits per heavy atom. The van der Waals surface area contributed by atoms with Crippen LogP contribution in [0.3, 0.4) is 0 Å². The van der Waals surface area contributed by atoms with Crippen molar-refractivity contribution < 1.29 is 4.79 Å². The highest BCUT2D eigenvalue weighted by Crippen LogP contribution is 2.39. The van der Waals surface area contributed by atoms with Crippen LogP contribution >= 0.6 is 12.2 Å². The number of nitrogens with one attached hydrogen (secondary N) is 1. The van der Waals surface area contributed by atoms with Crippen LogP contribution in [0.5, 0.6) is 0 Å². The summed E-state index contributed by atoms with van der Waals surface area (Å²) in [5, 5.41) is 1.95. The van der Waals surface area contributed by atoms with Crippen LogP contribution in [0.25, 0.3) is 0 Å². The Morgan fingerprint density at radius 3 is 2.39 bits per heavy atom. The lowest BCUT2D eigenvalue weighted by Crippen LogP contribution is -2.53. The molecule has 1 unspecified atom stereocenters. The summed E-state index contributed by atoms with van der Waals surface area (Å²) < 4.78 is 0. The van der Waals surface area contributed by atoms with Gasteiger partial charge in [-0.05, 0) is 55.6 Å². The van der Waals surface area contributed by atoms with Crippen LogP contribution in [0.1, 0.15) is 72.1 Å². The van der Waals surface area contributed by atoms with E-state index >= 15 is 0 Å². The van der Waals surface area contributed by atoms with Crippen molar-refractivity contribution in [2.24, 2.45) is 23.7 Å². The van der Waals surface area contributed by atoms with E-state index in [9.17, 15) is 4.79 Å². The van der Waals surface area contributed by atoms with Gasteiger partial charge < -0.3 is 4.90 Å². The first-order valence-corrected chi connectivity index (χ1v) is 12.7. The van der Waals surface area contributed by atoms with Crippen LogP contribution in [-0.4, -0.2) is 35.5 Å². The largest absolute Gasteiger partial charge is 0.308 e. The third-order valence-corrected chi connectivity index (χ3v) is 7.93. The molecule has 0 bridgehead atoms. The molecule has 2 aliphatic carbocycles. The third kappa shape index (κ3) is 6.07. The minimum absolute atomic E-state index is 0.139. The first-order chi connectivity index (χ1) is 14.9. The Balaban J connectivity index is 1.77. The number of hydrogen-bond donors (Lipinski definition) is 1. The molecule has 1 aromatic rings. The lowest BCUT2D eigenvalue weighted by atomic mass is 9.70. The number of benzene rings is 1. The fourth-order valence-electron chi connectivity index (χ4n) is 5.65. The van der Waals surface area contributed by atoms with Gasteiger partial charge in [0.1, 0.15) is 6.54 Å². The minimum atomic E-state index is 0.139. The first kappa shape index (κ1) is 24.2. The van der Waals surface area contributed by atoms with Gasteiger partial charge in [0.2, 0.25) is 5.91 Å². The summed E-state index contributed by atoms with van der Waals surface area (Å²) in [7, 11) is 1.89. The molecule has 2 saturated carbocycles. The van der Waals surface area contributed by atoms with Gasteiger partial charge >= 0.3 is 0 Å². The number of para-hydroxylation sites is 1. The maximum atomic E-state index is 13.7. The average molecular weight is 444 g/mol. The average Bonchev–Trinajstić information content (AvgIpc) is 2.78. The highest BCUT2D eigenvalue weighted by Gasteiger charge is 2.36. The summed E-state index contributed by atoms with van der Waals surface area (Å²) >= 11 is 6.01. The lowest BCUT2D eigenvalue weighted by Gasteiger charge is -2.41. The molecule has 0 spiro atoms. The molecular formula is C26H41N3OS. The van der Waals surface area contributed by atoms with E-state index < -0.39 is 0 Å². The van der Waals surface area contributed by atoms with Crippen molar-refractivity contribution in [1.82, 2.24) is 10.4 Å². The summed E-state index contributed by atoms with van der Waals surface area (Å²) in [6.07, 6.45) is 9.48. The molecule has 5 heteroatoms. The molecule has 0 aliphatic heterocycles. The molecule has 0 aromatic heterocycles. The van der Waals surface area contributed by atoms with Crippen molar-refractivity contribution in [2.75, 3.05) is 18.5 Å². The van der Waals surface area contributed by atoms with Crippen molar-refractivity contribution >= 4 is 28.8 Å². The van der Waals surface area contributed by atoms with Crippen LogP contribution in [0.4, 0.5) is 5.69 Å². The molecule has 0 radical (unpaired) electrons. The fraction of sp³-hybridized carbons (Fsp3) is 0.692. The second kappa shape index (κ2) is 11.4. The number of hydrazine groups is 1. The van der Waals surface area contributed by atoms with Crippen molar-refractivity contribution in [2.45, 2.75) is 78.2 Å². The first-order valence-electron chi connectivity index (χ1n) is 12.3. The fourth-order valence-corrected chi connectivity index (χ4v) is 6.08. The summed E-state index contributed by atoms with van der Waals surface area (Å²) in [6.45, 7) is 7.24. The smallest absolute Gasteiger partial charge is 0.248 e. The van der Waals surface area contributed by atoms with Gasteiger partial charge in [-0.25, -0.2) is 5.43 Å². The minimum Gasteiger partial charge on any atom is -0.308 e. The number of carbonyl (C=O) groups is 1.